The Morgan fingerprint density at radius 2 is 2.07 bits per heavy atom. The van der Waals surface area contributed by atoms with Gasteiger partial charge in [-0.1, -0.05) is 18.7 Å². The molecule has 0 aliphatic carbocycles. The Morgan fingerprint density at radius 3 is 2.50 bits per heavy atom. The van der Waals surface area contributed by atoms with Crippen molar-refractivity contribution < 1.29 is 19.4 Å². The van der Waals surface area contributed by atoms with Gasteiger partial charge in [-0.2, -0.15) is 0 Å². The Labute approximate surface area is 82.2 Å². The van der Waals surface area contributed by atoms with Crippen LogP contribution < -0.4 is 0 Å². The third-order valence-electron chi connectivity index (χ3n) is 1.44. The molecule has 0 aromatic carbocycles. The highest BCUT2D eigenvalue weighted by Crippen LogP contribution is 2.08. The molecule has 4 nitrogen and oxygen atoms in total. The molecule has 0 saturated heterocycles. The second-order valence-corrected chi connectivity index (χ2v) is 2.42. The first-order chi connectivity index (χ1) is 6.61. The zero-order valence-corrected chi connectivity index (χ0v) is 7.68. The minimum atomic E-state index is -1.05. The van der Waals surface area contributed by atoms with Crippen LogP contribution in [0.3, 0.4) is 0 Å². The molecule has 0 aromatic heterocycles. The van der Waals surface area contributed by atoms with Crippen molar-refractivity contribution in [3.05, 3.63) is 37.6 Å². The molecule has 14 heavy (non-hydrogen) atoms. The maximum atomic E-state index is 11.1. The van der Waals surface area contributed by atoms with E-state index >= 15 is 0 Å². The minimum Gasteiger partial charge on any atom is -0.478 e. The summed E-state index contributed by atoms with van der Waals surface area (Å²) in [5, 5.41) is 8.30. The highest BCUT2D eigenvalue weighted by Gasteiger charge is 2.13. The lowest BCUT2D eigenvalue weighted by Crippen LogP contribution is -2.12. The van der Waals surface area contributed by atoms with Crippen LogP contribution >= 0.6 is 0 Å². The van der Waals surface area contributed by atoms with Crippen LogP contribution in [0.15, 0.2) is 37.6 Å². The van der Waals surface area contributed by atoms with Crippen LogP contribution in [-0.2, 0) is 14.3 Å². The zero-order valence-electron chi connectivity index (χ0n) is 7.68. The summed E-state index contributed by atoms with van der Waals surface area (Å²) in [5.41, 5.74) is 0. The van der Waals surface area contributed by atoms with E-state index in [1.807, 2.05) is 0 Å². The van der Waals surface area contributed by atoms with Crippen molar-refractivity contribution in [2.24, 2.45) is 5.92 Å². The molecule has 0 aromatic rings. The van der Waals surface area contributed by atoms with E-state index in [9.17, 15) is 9.59 Å². The summed E-state index contributed by atoms with van der Waals surface area (Å²) in [7, 11) is 0. The van der Waals surface area contributed by atoms with Gasteiger partial charge in [0.25, 0.3) is 0 Å². The normalized spacial score (nSPS) is 12.0. The van der Waals surface area contributed by atoms with E-state index in [-0.39, 0.29) is 6.42 Å². The Morgan fingerprint density at radius 1 is 1.43 bits per heavy atom. The molecular weight excluding hydrogens is 184 g/mol. The quantitative estimate of drug-likeness (QED) is 0.302. The fraction of sp³-hybridized carbons (Fsp3) is 0.200. The molecule has 76 valence electrons. The molecule has 0 aliphatic heterocycles. The Balaban J connectivity index is 4.15. The van der Waals surface area contributed by atoms with E-state index in [0.717, 1.165) is 12.3 Å². The molecule has 1 N–H and O–H groups in total. The number of carbonyl (C=O) groups excluding carboxylic acids is 1. The lowest BCUT2D eigenvalue weighted by molar-refractivity contribution is -0.141. The van der Waals surface area contributed by atoms with Gasteiger partial charge in [-0.15, -0.1) is 6.58 Å². The smallest absolute Gasteiger partial charge is 0.327 e. The number of hydrogen-bond donors (Lipinski definition) is 1. The summed E-state index contributed by atoms with van der Waals surface area (Å²) in [5.74, 6) is -2.08. The van der Waals surface area contributed by atoms with E-state index in [4.69, 9.17) is 5.11 Å². The van der Waals surface area contributed by atoms with Crippen LogP contribution in [0.5, 0.6) is 0 Å². The third kappa shape index (κ3) is 4.92. The molecule has 4 heteroatoms. The van der Waals surface area contributed by atoms with Gasteiger partial charge in [0.2, 0.25) is 0 Å². The van der Waals surface area contributed by atoms with Gasteiger partial charge in [0.1, 0.15) is 0 Å². The first-order valence-corrected chi connectivity index (χ1v) is 3.95. The van der Waals surface area contributed by atoms with Crippen LogP contribution in [0.2, 0.25) is 0 Å². The fourth-order valence-electron chi connectivity index (χ4n) is 0.774. The van der Waals surface area contributed by atoms with Crippen molar-refractivity contribution >= 4 is 11.9 Å². The fourth-order valence-corrected chi connectivity index (χ4v) is 0.774. The van der Waals surface area contributed by atoms with E-state index < -0.39 is 17.9 Å². The molecule has 0 amide bonds. The highest BCUT2D eigenvalue weighted by atomic mass is 16.5. The Kier molecular flexibility index (Phi) is 5.78. The largest absolute Gasteiger partial charge is 0.478 e. The molecular formula is C10H12O4. The van der Waals surface area contributed by atoms with Crippen molar-refractivity contribution in [1.29, 1.82) is 0 Å². The summed E-state index contributed by atoms with van der Waals surface area (Å²) >= 11 is 0. The molecule has 1 unspecified atom stereocenters. The van der Waals surface area contributed by atoms with Gasteiger partial charge < -0.3 is 9.84 Å². The highest BCUT2D eigenvalue weighted by molar-refractivity contribution is 5.80. The van der Waals surface area contributed by atoms with Gasteiger partial charge in [-0.05, 0) is 6.42 Å². The number of carboxylic acids is 1. The average Bonchev–Trinajstić information content (AvgIpc) is 2.12. The Bertz CT molecular complexity index is 265. The number of aliphatic carboxylic acids is 1. The predicted octanol–water partition coefficient (Wildman–Crippen LogP) is 1.51. The van der Waals surface area contributed by atoms with Crippen molar-refractivity contribution in [2.45, 2.75) is 6.42 Å². The van der Waals surface area contributed by atoms with Gasteiger partial charge in [-0.25, -0.2) is 4.79 Å². The number of allylic oxidation sites excluding steroid dienone is 1. The number of esters is 1. The van der Waals surface area contributed by atoms with E-state index in [0.29, 0.717) is 0 Å². The van der Waals surface area contributed by atoms with Crippen molar-refractivity contribution in [2.75, 3.05) is 0 Å². The predicted molar refractivity (Wildman–Crippen MR) is 51.4 cm³/mol. The maximum Gasteiger partial charge on any atom is 0.327 e. The van der Waals surface area contributed by atoms with Crippen molar-refractivity contribution in [1.82, 2.24) is 0 Å². The molecule has 0 saturated carbocycles. The summed E-state index contributed by atoms with van der Waals surface area (Å²) in [4.78, 5) is 21.2. The van der Waals surface area contributed by atoms with Crippen LogP contribution in [-0.4, -0.2) is 17.0 Å². The number of ether oxygens (including phenoxy) is 1. The first kappa shape index (κ1) is 12.2. The number of rotatable bonds is 6. The molecule has 1 atom stereocenters. The molecule has 0 radical (unpaired) electrons. The number of carboxylic acid groups (broad SMARTS) is 1. The monoisotopic (exact) mass is 196 g/mol. The van der Waals surface area contributed by atoms with Crippen LogP contribution in [0.1, 0.15) is 6.42 Å². The lowest BCUT2D eigenvalue weighted by Gasteiger charge is -2.05. The average molecular weight is 196 g/mol. The molecule has 0 rings (SSSR count). The van der Waals surface area contributed by atoms with E-state index in [1.165, 1.54) is 12.2 Å². The van der Waals surface area contributed by atoms with Gasteiger partial charge in [0.15, 0.2) is 0 Å². The first-order valence-electron chi connectivity index (χ1n) is 3.95. The minimum absolute atomic E-state index is 0.252. The molecule has 0 fully saturated rings. The van der Waals surface area contributed by atoms with E-state index in [1.54, 1.807) is 0 Å². The molecule has 0 heterocycles. The zero-order chi connectivity index (χ0) is 11.0. The second kappa shape index (κ2) is 6.65. The Hall–Kier alpha value is -1.84. The number of hydrogen-bond acceptors (Lipinski definition) is 3. The summed E-state index contributed by atoms with van der Waals surface area (Å²) in [6, 6.07) is 0. The van der Waals surface area contributed by atoms with Gasteiger partial charge in [0.05, 0.1) is 12.2 Å². The van der Waals surface area contributed by atoms with Crippen LogP contribution in [0, 0.1) is 5.92 Å². The molecule has 0 spiro atoms. The molecule has 0 aliphatic rings. The summed E-state index contributed by atoms with van der Waals surface area (Å²) in [6.45, 7) is 6.68. The standard InChI is InChI=1S/C10H12O4/c1-3-8(10(13)14-4-2)6-5-7-9(11)12/h3-5,7-8H,1-2,6H2,(H,11,12)/b7-5+. The van der Waals surface area contributed by atoms with Crippen molar-refractivity contribution in [3.63, 3.8) is 0 Å². The van der Waals surface area contributed by atoms with Crippen LogP contribution in [0.4, 0.5) is 0 Å². The summed E-state index contributed by atoms with van der Waals surface area (Å²) in [6.07, 6.45) is 5.02. The third-order valence-corrected chi connectivity index (χ3v) is 1.44. The lowest BCUT2D eigenvalue weighted by atomic mass is 10.1. The van der Waals surface area contributed by atoms with Gasteiger partial charge in [0, 0.05) is 6.08 Å². The van der Waals surface area contributed by atoms with Gasteiger partial charge >= 0.3 is 11.9 Å². The van der Waals surface area contributed by atoms with E-state index in [2.05, 4.69) is 17.9 Å². The topological polar surface area (TPSA) is 63.6 Å². The van der Waals surface area contributed by atoms with Crippen molar-refractivity contribution in [3.8, 4) is 0 Å². The van der Waals surface area contributed by atoms with Gasteiger partial charge in [-0.3, -0.25) is 4.79 Å². The second-order valence-electron chi connectivity index (χ2n) is 2.42. The SMILES string of the molecule is C=COC(=O)C(C=C)C/C=C/C(=O)O. The number of carbonyl (C=O) groups is 2. The molecule has 0 bridgehead atoms. The summed E-state index contributed by atoms with van der Waals surface area (Å²) < 4.78 is 4.52. The maximum absolute atomic E-state index is 11.1. The van der Waals surface area contributed by atoms with Crippen LogP contribution in [0.25, 0.3) is 0 Å².